The van der Waals surface area contributed by atoms with E-state index < -0.39 is 57.8 Å². The van der Waals surface area contributed by atoms with Crippen molar-refractivity contribution in [2.24, 2.45) is 0 Å². The van der Waals surface area contributed by atoms with Crippen LogP contribution in [0.5, 0.6) is 0 Å². The van der Waals surface area contributed by atoms with Gasteiger partial charge >= 0.3 is 25.7 Å². The molecule has 3 unspecified atom stereocenters. The van der Waals surface area contributed by atoms with Crippen LogP contribution in [0.1, 0.15) is 226 Å². The van der Waals surface area contributed by atoms with Crippen LogP contribution in [0.15, 0.2) is 48.6 Å². The van der Waals surface area contributed by atoms with Gasteiger partial charge in [-0.05, 0) is 57.8 Å². The number of esters is 3. The number of aliphatic hydroxyl groups excluding tert-OH is 1. The minimum absolute atomic E-state index is 0.118. The van der Waals surface area contributed by atoms with Gasteiger partial charge in [0.05, 0.1) is 19.8 Å². The van der Waals surface area contributed by atoms with Crippen LogP contribution in [0.25, 0.3) is 0 Å². The first-order valence-corrected chi connectivity index (χ1v) is 27.0. The zero-order valence-corrected chi connectivity index (χ0v) is 41.6. The minimum Gasteiger partial charge on any atom is -0.462 e. The fourth-order valence-corrected chi connectivity index (χ4v) is 7.66. The summed E-state index contributed by atoms with van der Waals surface area (Å²) in [6.45, 7) is 4.45. The topological polar surface area (TPSA) is 155 Å². The lowest BCUT2D eigenvalue weighted by molar-refractivity contribution is -0.161. The molecular weight excluding hydrogens is 832 g/mol. The lowest BCUT2D eigenvalue weighted by Crippen LogP contribution is -2.30. The molecule has 0 radical (unpaired) electrons. The molecule has 0 saturated carbocycles. The number of allylic oxidation sites excluding steroid dienone is 8. The van der Waals surface area contributed by atoms with Gasteiger partial charge in [-0.15, -0.1) is 0 Å². The minimum atomic E-state index is -4.74. The molecule has 372 valence electrons. The molecule has 0 aromatic rings. The summed E-state index contributed by atoms with van der Waals surface area (Å²) in [5, 5.41) is 9.73. The predicted molar refractivity (Wildman–Crippen MR) is 261 cm³/mol. The average molecular weight is 925 g/mol. The van der Waals surface area contributed by atoms with Gasteiger partial charge in [-0.25, -0.2) is 4.57 Å². The predicted octanol–water partition coefficient (Wildman–Crippen LogP) is 14.2. The molecule has 12 heteroatoms. The molecule has 0 aliphatic heterocycles. The van der Waals surface area contributed by atoms with Gasteiger partial charge in [-0.3, -0.25) is 23.4 Å². The maximum atomic E-state index is 12.8. The summed E-state index contributed by atoms with van der Waals surface area (Å²) in [4.78, 5) is 48.2. The van der Waals surface area contributed by atoms with E-state index in [1.807, 2.05) is 0 Å². The molecule has 3 atom stereocenters. The number of hydrogen-bond acceptors (Lipinski definition) is 10. The standard InChI is InChI=1S/C52H93O11P/c1-4-7-10-13-16-19-21-23-24-26-28-31-34-37-40-43-52(56)63-49(45-59-50(54)41-38-35-32-30-27-25-22-20-17-14-11-8-5-2)47-61-64(57,58)60-46-48(44-53)62-51(55)42-39-36-33-29-18-15-12-9-6-3/h7,10,16,19,23-24,28,31,48-49,53H,4-6,8-9,11-15,17-18,20-22,25-27,29-30,32-47H2,1-3H3,(H,57,58)/b10-7-,19-16-,24-23-,31-28-. The van der Waals surface area contributed by atoms with Gasteiger partial charge in [0.2, 0.25) is 0 Å². The van der Waals surface area contributed by atoms with Crippen molar-refractivity contribution < 1.29 is 52.2 Å². The van der Waals surface area contributed by atoms with Crippen LogP contribution in [0.3, 0.4) is 0 Å². The Bertz CT molecular complexity index is 1260. The van der Waals surface area contributed by atoms with Gasteiger partial charge < -0.3 is 24.2 Å². The van der Waals surface area contributed by atoms with E-state index >= 15 is 0 Å². The third-order valence-electron chi connectivity index (χ3n) is 10.8. The third kappa shape index (κ3) is 44.6. The Morgan fingerprint density at radius 3 is 1.25 bits per heavy atom. The number of carbonyl (C=O) groups excluding carboxylic acids is 3. The van der Waals surface area contributed by atoms with Gasteiger partial charge in [-0.2, -0.15) is 0 Å². The lowest BCUT2D eigenvalue weighted by atomic mass is 10.0. The number of unbranched alkanes of at least 4 members (excludes halogenated alkanes) is 22. The van der Waals surface area contributed by atoms with Crippen molar-refractivity contribution >= 4 is 25.7 Å². The van der Waals surface area contributed by atoms with Crippen LogP contribution in [0, 0.1) is 0 Å². The van der Waals surface area contributed by atoms with E-state index in [4.69, 9.17) is 23.3 Å². The van der Waals surface area contributed by atoms with Gasteiger partial charge in [0, 0.05) is 19.3 Å². The average Bonchev–Trinajstić information content (AvgIpc) is 3.28. The van der Waals surface area contributed by atoms with Crippen molar-refractivity contribution in [3.05, 3.63) is 48.6 Å². The second kappa shape index (κ2) is 47.0. The number of ether oxygens (including phenoxy) is 3. The Morgan fingerprint density at radius 2 is 0.812 bits per heavy atom. The van der Waals surface area contributed by atoms with E-state index in [0.29, 0.717) is 19.3 Å². The summed E-state index contributed by atoms with van der Waals surface area (Å²) in [6.07, 6.45) is 46.6. The molecule has 0 aromatic heterocycles. The quantitative estimate of drug-likeness (QED) is 0.0197. The van der Waals surface area contributed by atoms with Gasteiger partial charge in [-0.1, -0.05) is 198 Å². The number of carbonyl (C=O) groups is 3. The molecule has 0 rings (SSSR count). The first-order chi connectivity index (χ1) is 31.2. The summed E-state index contributed by atoms with van der Waals surface area (Å²) in [7, 11) is -4.74. The SMILES string of the molecule is CC/C=C\C/C=C\C/C=C\C/C=C\CCCCC(=O)OC(COC(=O)CCCCCCCCCCCCCCC)COP(=O)(O)OCC(CO)OC(=O)CCCCCCCCCCC. The maximum absolute atomic E-state index is 12.8. The summed E-state index contributed by atoms with van der Waals surface area (Å²) in [6, 6.07) is 0. The Labute approximate surface area is 390 Å². The van der Waals surface area contributed by atoms with E-state index in [9.17, 15) is 28.9 Å². The van der Waals surface area contributed by atoms with E-state index in [0.717, 1.165) is 77.0 Å². The highest BCUT2D eigenvalue weighted by Gasteiger charge is 2.28. The molecule has 0 spiro atoms. The van der Waals surface area contributed by atoms with Gasteiger partial charge in [0.25, 0.3) is 0 Å². The van der Waals surface area contributed by atoms with Crippen molar-refractivity contribution in [3.8, 4) is 0 Å². The van der Waals surface area contributed by atoms with Crippen molar-refractivity contribution in [2.45, 2.75) is 238 Å². The molecule has 2 N–H and O–H groups in total. The van der Waals surface area contributed by atoms with Crippen molar-refractivity contribution in [3.63, 3.8) is 0 Å². The first-order valence-electron chi connectivity index (χ1n) is 25.5. The zero-order chi connectivity index (χ0) is 47.0. The van der Waals surface area contributed by atoms with Crippen molar-refractivity contribution in [1.82, 2.24) is 0 Å². The molecule has 0 aromatic carbocycles. The van der Waals surface area contributed by atoms with Gasteiger partial charge in [0.1, 0.15) is 12.7 Å². The smallest absolute Gasteiger partial charge is 0.462 e. The molecule has 0 amide bonds. The van der Waals surface area contributed by atoms with Crippen LogP contribution >= 0.6 is 7.82 Å². The lowest BCUT2D eigenvalue weighted by Gasteiger charge is -2.21. The molecule has 0 saturated heterocycles. The van der Waals surface area contributed by atoms with E-state index in [1.165, 1.54) is 89.9 Å². The van der Waals surface area contributed by atoms with Crippen molar-refractivity contribution in [1.29, 1.82) is 0 Å². The fourth-order valence-electron chi connectivity index (χ4n) is 6.88. The molecular formula is C52H93O11P. The van der Waals surface area contributed by atoms with Crippen LogP contribution in [-0.2, 0) is 42.2 Å². The Morgan fingerprint density at radius 1 is 0.453 bits per heavy atom. The Balaban J connectivity index is 4.81. The highest BCUT2D eigenvalue weighted by Crippen LogP contribution is 2.43. The number of rotatable bonds is 47. The van der Waals surface area contributed by atoms with Gasteiger partial charge in [0.15, 0.2) is 6.10 Å². The maximum Gasteiger partial charge on any atom is 0.472 e. The van der Waals surface area contributed by atoms with E-state index in [1.54, 1.807) is 0 Å². The highest BCUT2D eigenvalue weighted by molar-refractivity contribution is 7.47. The molecule has 0 heterocycles. The highest BCUT2D eigenvalue weighted by atomic mass is 31.2. The summed E-state index contributed by atoms with van der Waals surface area (Å²) < 4.78 is 39.2. The number of phosphoric acid groups is 1. The van der Waals surface area contributed by atoms with E-state index in [2.05, 4.69) is 69.4 Å². The normalized spacial score (nSPS) is 13.9. The molecule has 0 bridgehead atoms. The number of hydrogen-bond donors (Lipinski definition) is 2. The van der Waals surface area contributed by atoms with E-state index in [-0.39, 0.29) is 25.9 Å². The Hall–Kier alpha value is -2.56. The molecule has 11 nitrogen and oxygen atoms in total. The molecule has 64 heavy (non-hydrogen) atoms. The van der Waals surface area contributed by atoms with Crippen LogP contribution in [-0.4, -0.2) is 66.5 Å². The molecule has 0 aliphatic rings. The van der Waals surface area contributed by atoms with Crippen LogP contribution in [0.4, 0.5) is 0 Å². The largest absolute Gasteiger partial charge is 0.472 e. The second-order valence-electron chi connectivity index (χ2n) is 17.0. The fraction of sp³-hybridized carbons (Fsp3) is 0.788. The van der Waals surface area contributed by atoms with Crippen LogP contribution < -0.4 is 0 Å². The Kier molecular flexibility index (Phi) is 45.1. The zero-order valence-electron chi connectivity index (χ0n) is 40.7. The summed E-state index contributed by atoms with van der Waals surface area (Å²) in [5.41, 5.74) is 0. The van der Waals surface area contributed by atoms with Crippen molar-refractivity contribution in [2.75, 3.05) is 26.4 Å². The first kappa shape index (κ1) is 61.4. The molecule has 0 fully saturated rings. The monoisotopic (exact) mass is 925 g/mol. The molecule has 0 aliphatic carbocycles. The number of aliphatic hydroxyl groups is 1. The third-order valence-corrected chi connectivity index (χ3v) is 11.7. The second-order valence-corrected chi connectivity index (χ2v) is 18.4. The number of phosphoric ester groups is 1. The summed E-state index contributed by atoms with van der Waals surface area (Å²) >= 11 is 0. The van der Waals surface area contributed by atoms with Crippen LogP contribution in [0.2, 0.25) is 0 Å². The summed E-state index contributed by atoms with van der Waals surface area (Å²) in [5.74, 6) is -1.51.